The van der Waals surface area contributed by atoms with Gasteiger partial charge in [-0.3, -0.25) is 4.79 Å². The van der Waals surface area contributed by atoms with Crippen LogP contribution in [0.25, 0.3) is 0 Å². The van der Waals surface area contributed by atoms with Gasteiger partial charge >= 0.3 is 0 Å². The fourth-order valence-corrected chi connectivity index (χ4v) is 3.15. The van der Waals surface area contributed by atoms with Crippen LogP contribution in [0.4, 0.5) is 0 Å². The molecule has 0 aromatic heterocycles. The Bertz CT molecular complexity index is 490. The number of carbonyl (C=O) groups is 1. The molecule has 0 heterocycles. The van der Waals surface area contributed by atoms with Crippen molar-refractivity contribution in [3.05, 3.63) is 35.9 Å². The van der Waals surface area contributed by atoms with E-state index in [9.17, 15) is 4.79 Å². The first kappa shape index (κ1) is 22.6. The maximum Gasteiger partial charge on any atom is 0.226 e. The van der Waals surface area contributed by atoms with E-state index in [4.69, 9.17) is 12.2 Å². The fourth-order valence-electron chi connectivity index (χ4n) is 2.96. The molecule has 146 valence electrons. The molecule has 0 spiro atoms. The lowest BCUT2D eigenvalue weighted by molar-refractivity contribution is -0.119. The van der Waals surface area contributed by atoms with Crippen molar-refractivity contribution in [2.24, 2.45) is 0 Å². The summed E-state index contributed by atoms with van der Waals surface area (Å²) in [5.74, 6) is 0.0199. The van der Waals surface area contributed by atoms with Crippen LogP contribution in [0.1, 0.15) is 89.5 Å². The van der Waals surface area contributed by atoms with Gasteiger partial charge in [-0.05, 0) is 24.2 Å². The second-order valence-corrected chi connectivity index (χ2v) is 7.41. The van der Waals surface area contributed by atoms with Crippen LogP contribution >= 0.6 is 12.2 Å². The van der Waals surface area contributed by atoms with Gasteiger partial charge < -0.3 is 10.6 Å². The number of carbonyl (C=O) groups excluding carboxylic acids is 1. The highest BCUT2D eigenvalue weighted by Crippen LogP contribution is 2.11. The zero-order valence-electron chi connectivity index (χ0n) is 16.4. The highest BCUT2D eigenvalue weighted by Gasteiger charge is 2.04. The van der Waals surface area contributed by atoms with Gasteiger partial charge in [0.05, 0.1) is 0 Å². The smallest absolute Gasteiger partial charge is 0.226 e. The number of unbranched alkanes of at least 4 members (excludes halogenated alkanes) is 10. The van der Waals surface area contributed by atoms with Crippen molar-refractivity contribution in [3.8, 4) is 0 Å². The second-order valence-electron chi connectivity index (χ2n) is 7.00. The summed E-state index contributed by atoms with van der Waals surface area (Å²) in [7, 11) is 0. The lowest BCUT2D eigenvalue weighted by Gasteiger charge is -2.09. The number of hydrogen-bond acceptors (Lipinski definition) is 2. The Morgan fingerprint density at radius 3 is 1.96 bits per heavy atom. The number of nitrogens with one attached hydrogen (secondary N) is 2. The van der Waals surface area contributed by atoms with Gasteiger partial charge in [0.2, 0.25) is 5.91 Å². The van der Waals surface area contributed by atoms with Crippen molar-refractivity contribution in [2.45, 2.75) is 90.5 Å². The molecule has 0 radical (unpaired) electrons. The Morgan fingerprint density at radius 2 is 1.38 bits per heavy atom. The summed E-state index contributed by atoms with van der Waals surface area (Å²) in [6.07, 6.45) is 14.8. The lowest BCUT2D eigenvalue weighted by atomic mass is 10.1. The molecule has 0 aliphatic heterocycles. The highest BCUT2D eigenvalue weighted by molar-refractivity contribution is 7.80. The fraction of sp³-hybridized carbons (Fsp3) is 0.636. The summed E-state index contributed by atoms with van der Waals surface area (Å²) in [5, 5.41) is 6.26. The predicted octanol–water partition coefficient (Wildman–Crippen LogP) is 5.88. The third-order valence-electron chi connectivity index (χ3n) is 4.56. The first-order chi connectivity index (χ1) is 12.7. The second kappa shape index (κ2) is 15.8. The maximum atomic E-state index is 11.9. The van der Waals surface area contributed by atoms with E-state index in [1.165, 1.54) is 57.8 Å². The molecule has 1 rings (SSSR count). The van der Waals surface area contributed by atoms with E-state index in [1.807, 2.05) is 30.3 Å². The Balaban J connectivity index is 1.91. The molecule has 2 N–H and O–H groups in total. The van der Waals surface area contributed by atoms with Gasteiger partial charge in [-0.1, -0.05) is 101 Å². The van der Waals surface area contributed by atoms with Crippen LogP contribution in [-0.4, -0.2) is 11.0 Å². The van der Waals surface area contributed by atoms with Crippen LogP contribution < -0.4 is 10.6 Å². The molecule has 1 amide bonds. The third kappa shape index (κ3) is 12.9. The zero-order valence-corrected chi connectivity index (χ0v) is 17.2. The minimum absolute atomic E-state index is 0.0199. The summed E-state index contributed by atoms with van der Waals surface area (Å²) in [6.45, 7) is 2.90. The van der Waals surface area contributed by atoms with E-state index in [2.05, 4.69) is 17.6 Å². The molecule has 26 heavy (non-hydrogen) atoms. The monoisotopic (exact) mass is 376 g/mol. The zero-order chi connectivity index (χ0) is 18.9. The van der Waals surface area contributed by atoms with E-state index in [-0.39, 0.29) is 5.91 Å². The summed E-state index contributed by atoms with van der Waals surface area (Å²) >= 11 is 5.17. The van der Waals surface area contributed by atoms with Crippen LogP contribution in [0.2, 0.25) is 0 Å². The Morgan fingerprint density at radius 1 is 0.846 bits per heavy atom. The molecule has 0 atom stereocenters. The Labute approximate surface area is 165 Å². The Kier molecular flexibility index (Phi) is 13.8. The van der Waals surface area contributed by atoms with Crippen molar-refractivity contribution in [1.29, 1.82) is 0 Å². The molecule has 4 heteroatoms. The van der Waals surface area contributed by atoms with Gasteiger partial charge in [-0.25, -0.2) is 0 Å². The standard InChI is InChI=1S/C22H36N2OS/c1-2-3-4-5-6-7-8-9-10-11-15-18-21(25)24-22(26)23-19-20-16-13-12-14-17-20/h12-14,16-17H,2-11,15,18-19H2,1H3,(H2,23,24,25,26). The van der Waals surface area contributed by atoms with E-state index in [0.29, 0.717) is 18.1 Å². The number of benzene rings is 1. The van der Waals surface area contributed by atoms with Gasteiger partial charge in [0.15, 0.2) is 5.11 Å². The molecule has 0 aliphatic carbocycles. The molecule has 1 aromatic carbocycles. The molecule has 0 fully saturated rings. The molecule has 0 bridgehead atoms. The summed E-state index contributed by atoms with van der Waals surface area (Å²) in [6, 6.07) is 10.0. The number of amides is 1. The van der Waals surface area contributed by atoms with Crippen molar-refractivity contribution in [2.75, 3.05) is 0 Å². The highest BCUT2D eigenvalue weighted by atomic mass is 32.1. The van der Waals surface area contributed by atoms with Crippen molar-refractivity contribution >= 4 is 23.2 Å². The van der Waals surface area contributed by atoms with E-state index >= 15 is 0 Å². The van der Waals surface area contributed by atoms with E-state index in [0.717, 1.165) is 18.4 Å². The predicted molar refractivity (Wildman–Crippen MR) is 115 cm³/mol. The minimum Gasteiger partial charge on any atom is -0.358 e. The summed E-state index contributed by atoms with van der Waals surface area (Å²) in [4.78, 5) is 11.9. The molecule has 0 unspecified atom stereocenters. The van der Waals surface area contributed by atoms with Crippen molar-refractivity contribution < 1.29 is 4.79 Å². The summed E-state index contributed by atoms with van der Waals surface area (Å²) in [5.41, 5.74) is 1.15. The van der Waals surface area contributed by atoms with Gasteiger partial charge in [0, 0.05) is 13.0 Å². The average molecular weight is 377 g/mol. The minimum atomic E-state index is 0.0199. The van der Waals surface area contributed by atoms with E-state index < -0.39 is 0 Å². The normalized spacial score (nSPS) is 10.5. The van der Waals surface area contributed by atoms with Gasteiger partial charge in [-0.2, -0.15) is 0 Å². The number of hydrogen-bond donors (Lipinski definition) is 2. The number of rotatable bonds is 14. The molecule has 0 saturated heterocycles. The van der Waals surface area contributed by atoms with Crippen molar-refractivity contribution in [1.82, 2.24) is 10.6 Å². The van der Waals surface area contributed by atoms with Crippen LogP contribution in [0.5, 0.6) is 0 Å². The molecule has 0 saturated carbocycles. The topological polar surface area (TPSA) is 41.1 Å². The van der Waals surface area contributed by atoms with E-state index in [1.54, 1.807) is 0 Å². The SMILES string of the molecule is CCCCCCCCCCCCCC(=O)NC(=S)NCc1ccccc1. The maximum absolute atomic E-state index is 11.9. The van der Waals surface area contributed by atoms with Crippen LogP contribution in [-0.2, 0) is 11.3 Å². The van der Waals surface area contributed by atoms with Crippen molar-refractivity contribution in [3.63, 3.8) is 0 Å². The molecule has 1 aromatic rings. The van der Waals surface area contributed by atoms with Gasteiger partial charge in [-0.15, -0.1) is 0 Å². The largest absolute Gasteiger partial charge is 0.358 e. The summed E-state index contributed by atoms with van der Waals surface area (Å²) < 4.78 is 0. The first-order valence-corrected chi connectivity index (χ1v) is 10.7. The molecular weight excluding hydrogens is 340 g/mol. The number of thiocarbonyl (C=S) groups is 1. The first-order valence-electron chi connectivity index (χ1n) is 10.3. The molecular formula is C22H36N2OS. The van der Waals surface area contributed by atoms with Crippen LogP contribution in [0.3, 0.4) is 0 Å². The average Bonchev–Trinajstić information content (AvgIpc) is 2.65. The Hall–Kier alpha value is -1.42. The lowest BCUT2D eigenvalue weighted by Crippen LogP contribution is -2.38. The van der Waals surface area contributed by atoms with Crippen LogP contribution in [0, 0.1) is 0 Å². The van der Waals surface area contributed by atoms with Gasteiger partial charge in [0.1, 0.15) is 0 Å². The quantitative estimate of drug-likeness (QED) is 0.315. The molecule has 0 aliphatic rings. The molecule has 3 nitrogen and oxygen atoms in total. The third-order valence-corrected chi connectivity index (χ3v) is 4.80. The van der Waals surface area contributed by atoms with Gasteiger partial charge in [0.25, 0.3) is 0 Å². The van der Waals surface area contributed by atoms with Crippen LogP contribution in [0.15, 0.2) is 30.3 Å².